The van der Waals surface area contributed by atoms with Crippen molar-refractivity contribution in [2.45, 2.75) is 6.18 Å². The van der Waals surface area contributed by atoms with Crippen LogP contribution >= 0.6 is 15.9 Å². The number of benzene rings is 1. The number of nitrogen functional groups attached to an aromatic ring is 1. The number of alkyl halides is 3. The molecule has 0 aromatic heterocycles. The average molecular weight is 341 g/mol. The zero-order chi connectivity index (χ0) is 14.6. The van der Waals surface area contributed by atoms with E-state index < -0.39 is 31.8 Å². The van der Waals surface area contributed by atoms with Crippen molar-refractivity contribution in [1.29, 1.82) is 0 Å². The van der Waals surface area contributed by atoms with E-state index in [2.05, 4.69) is 15.9 Å². The number of halogens is 4. The molecule has 8 heteroatoms. The van der Waals surface area contributed by atoms with Crippen molar-refractivity contribution in [3.8, 4) is 0 Å². The first-order valence-electron chi connectivity index (χ1n) is 5.27. The van der Waals surface area contributed by atoms with Crippen LogP contribution in [-0.4, -0.2) is 41.8 Å². The lowest BCUT2D eigenvalue weighted by Crippen LogP contribution is -2.40. The lowest BCUT2D eigenvalue weighted by Gasteiger charge is -2.23. The number of nitrogens with two attached hydrogens (primary N) is 1. The number of hydrogen-bond donors (Lipinski definition) is 2. The molecule has 1 aromatic rings. The van der Waals surface area contributed by atoms with E-state index in [1.807, 2.05) is 0 Å². The molecular formula is C11H12BrF3N2O2. The second kappa shape index (κ2) is 6.25. The van der Waals surface area contributed by atoms with Crippen molar-refractivity contribution < 1.29 is 23.1 Å². The number of aliphatic hydroxyl groups excluding tert-OH is 1. The fraction of sp³-hybridized carbons (Fsp3) is 0.364. The molecule has 0 aliphatic heterocycles. The van der Waals surface area contributed by atoms with E-state index in [0.29, 0.717) is 4.90 Å². The lowest BCUT2D eigenvalue weighted by molar-refractivity contribution is -0.141. The van der Waals surface area contributed by atoms with Gasteiger partial charge in [0, 0.05) is 12.2 Å². The van der Waals surface area contributed by atoms with Crippen molar-refractivity contribution in [3.05, 3.63) is 28.2 Å². The molecule has 106 valence electrons. The van der Waals surface area contributed by atoms with E-state index >= 15 is 0 Å². The maximum Gasteiger partial charge on any atom is 0.406 e. The van der Waals surface area contributed by atoms with E-state index in [1.54, 1.807) is 0 Å². The van der Waals surface area contributed by atoms with Gasteiger partial charge in [0.1, 0.15) is 6.54 Å². The number of rotatable bonds is 4. The predicted molar refractivity (Wildman–Crippen MR) is 67.6 cm³/mol. The van der Waals surface area contributed by atoms with Crippen molar-refractivity contribution >= 4 is 27.5 Å². The van der Waals surface area contributed by atoms with Crippen LogP contribution < -0.4 is 5.73 Å². The average Bonchev–Trinajstić information content (AvgIpc) is 2.30. The van der Waals surface area contributed by atoms with Crippen LogP contribution in [0.4, 0.5) is 18.9 Å². The molecule has 1 amide bonds. The van der Waals surface area contributed by atoms with E-state index in [-0.39, 0.29) is 15.7 Å². The first-order chi connectivity index (χ1) is 8.76. The SMILES string of the molecule is Nc1cccc(C(=O)N(CCO)CC(F)(F)F)c1Br. The van der Waals surface area contributed by atoms with Crippen molar-refractivity contribution in [2.75, 3.05) is 25.4 Å². The van der Waals surface area contributed by atoms with Gasteiger partial charge in [-0.3, -0.25) is 4.79 Å². The summed E-state index contributed by atoms with van der Waals surface area (Å²) >= 11 is 3.06. The molecule has 1 aromatic carbocycles. The number of amides is 1. The minimum absolute atomic E-state index is 0.0256. The topological polar surface area (TPSA) is 66.6 Å². The normalized spacial score (nSPS) is 11.4. The van der Waals surface area contributed by atoms with E-state index in [4.69, 9.17) is 10.8 Å². The molecule has 3 N–H and O–H groups in total. The van der Waals surface area contributed by atoms with Gasteiger partial charge in [-0.05, 0) is 28.1 Å². The number of carbonyl (C=O) groups excluding carboxylic acids is 1. The zero-order valence-corrected chi connectivity index (χ0v) is 11.3. The Labute approximate surface area is 116 Å². The highest BCUT2D eigenvalue weighted by molar-refractivity contribution is 9.10. The van der Waals surface area contributed by atoms with Crippen LogP contribution in [0, 0.1) is 0 Å². The molecule has 0 bridgehead atoms. The molecule has 0 aliphatic rings. The zero-order valence-electron chi connectivity index (χ0n) is 9.75. The van der Waals surface area contributed by atoms with Gasteiger partial charge < -0.3 is 15.7 Å². The minimum atomic E-state index is -4.53. The highest BCUT2D eigenvalue weighted by Crippen LogP contribution is 2.26. The maximum absolute atomic E-state index is 12.4. The summed E-state index contributed by atoms with van der Waals surface area (Å²) in [4.78, 5) is 12.5. The van der Waals surface area contributed by atoms with Gasteiger partial charge in [-0.1, -0.05) is 6.07 Å². The third kappa shape index (κ3) is 4.39. The third-order valence-corrected chi connectivity index (χ3v) is 3.17. The largest absolute Gasteiger partial charge is 0.406 e. The molecule has 4 nitrogen and oxygen atoms in total. The van der Waals surface area contributed by atoms with Crippen LogP contribution in [0.2, 0.25) is 0 Å². The second-order valence-corrected chi connectivity index (χ2v) is 4.57. The van der Waals surface area contributed by atoms with Crippen LogP contribution in [0.5, 0.6) is 0 Å². The molecule has 0 heterocycles. The van der Waals surface area contributed by atoms with E-state index in [0.717, 1.165) is 0 Å². The van der Waals surface area contributed by atoms with Crippen LogP contribution in [0.3, 0.4) is 0 Å². The molecule has 0 unspecified atom stereocenters. The Kier molecular flexibility index (Phi) is 5.19. The molecule has 0 radical (unpaired) electrons. The lowest BCUT2D eigenvalue weighted by atomic mass is 10.1. The van der Waals surface area contributed by atoms with Gasteiger partial charge in [0.25, 0.3) is 5.91 Å². The fourth-order valence-corrected chi connectivity index (χ4v) is 1.91. The molecule has 0 fully saturated rings. The molecule has 0 aliphatic carbocycles. The Bertz CT molecular complexity index is 466. The first kappa shape index (κ1) is 15.8. The molecular weight excluding hydrogens is 329 g/mol. The van der Waals surface area contributed by atoms with Gasteiger partial charge in [-0.2, -0.15) is 13.2 Å². The Morgan fingerprint density at radius 2 is 2.05 bits per heavy atom. The van der Waals surface area contributed by atoms with Crippen LogP contribution in [0.15, 0.2) is 22.7 Å². The van der Waals surface area contributed by atoms with Crippen LogP contribution in [0.25, 0.3) is 0 Å². The summed E-state index contributed by atoms with van der Waals surface area (Å²) in [6, 6.07) is 4.35. The fourth-order valence-electron chi connectivity index (χ4n) is 1.47. The standard InChI is InChI=1S/C11H12BrF3N2O2/c12-9-7(2-1-3-8(9)16)10(19)17(4-5-18)6-11(13,14)15/h1-3,18H,4-6,16H2. The smallest absolute Gasteiger partial charge is 0.398 e. The highest BCUT2D eigenvalue weighted by atomic mass is 79.9. The van der Waals surface area contributed by atoms with E-state index in [9.17, 15) is 18.0 Å². The summed E-state index contributed by atoms with van der Waals surface area (Å²) < 4.78 is 37.4. The van der Waals surface area contributed by atoms with Crippen molar-refractivity contribution in [2.24, 2.45) is 0 Å². The number of hydrogen-bond acceptors (Lipinski definition) is 3. The van der Waals surface area contributed by atoms with Crippen LogP contribution in [0.1, 0.15) is 10.4 Å². The summed E-state index contributed by atoms with van der Waals surface area (Å²) in [5, 5.41) is 8.76. The van der Waals surface area contributed by atoms with Gasteiger partial charge >= 0.3 is 6.18 Å². The van der Waals surface area contributed by atoms with Gasteiger partial charge in [0.15, 0.2) is 0 Å². The Hall–Kier alpha value is -1.28. The minimum Gasteiger partial charge on any atom is -0.398 e. The monoisotopic (exact) mass is 340 g/mol. The number of nitrogens with zero attached hydrogens (tertiary/aromatic N) is 1. The molecule has 0 atom stereocenters. The molecule has 0 saturated heterocycles. The Morgan fingerprint density at radius 3 is 2.58 bits per heavy atom. The van der Waals surface area contributed by atoms with Crippen molar-refractivity contribution in [1.82, 2.24) is 4.90 Å². The van der Waals surface area contributed by atoms with Crippen molar-refractivity contribution in [3.63, 3.8) is 0 Å². The van der Waals surface area contributed by atoms with Gasteiger partial charge in [-0.15, -0.1) is 0 Å². The predicted octanol–water partition coefficient (Wildman–Crippen LogP) is 2.03. The number of anilines is 1. The number of carbonyl (C=O) groups is 1. The molecule has 0 saturated carbocycles. The first-order valence-corrected chi connectivity index (χ1v) is 6.06. The van der Waals surface area contributed by atoms with Gasteiger partial charge in [-0.25, -0.2) is 0 Å². The quantitative estimate of drug-likeness (QED) is 0.824. The maximum atomic E-state index is 12.4. The summed E-state index contributed by atoms with van der Waals surface area (Å²) in [5.74, 6) is -0.842. The van der Waals surface area contributed by atoms with Gasteiger partial charge in [0.2, 0.25) is 0 Å². The van der Waals surface area contributed by atoms with Gasteiger partial charge in [0.05, 0.1) is 16.6 Å². The Morgan fingerprint density at radius 1 is 1.42 bits per heavy atom. The Balaban J connectivity index is 3.02. The summed E-state index contributed by atoms with van der Waals surface area (Å²) in [5.41, 5.74) is 5.85. The number of aliphatic hydroxyl groups is 1. The van der Waals surface area contributed by atoms with Crippen LogP contribution in [-0.2, 0) is 0 Å². The molecule has 1 rings (SSSR count). The third-order valence-electron chi connectivity index (χ3n) is 2.29. The summed E-state index contributed by atoms with van der Waals surface area (Å²) in [6.45, 7) is -2.38. The molecule has 0 spiro atoms. The second-order valence-electron chi connectivity index (χ2n) is 3.77. The van der Waals surface area contributed by atoms with E-state index in [1.165, 1.54) is 18.2 Å². The highest BCUT2D eigenvalue weighted by Gasteiger charge is 2.33. The summed E-state index contributed by atoms with van der Waals surface area (Å²) in [6.07, 6.45) is -4.53. The summed E-state index contributed by atoms with van der Waals surface area (Å²) in [7, 11) is 0. The molecule has 19 heavy (non-hydrogen) atoms.